The molecule has 0 saturated carbocycles. The third-order valence-corrected chi connectivity index (χ3v) is 4.75. The summed E-state index contributed by atoms with van der Waals surface area (Å²) in [7, 11) is -3.69. The Balaban J connectivity index is 2.37. The lowest BCUT2D eigenvalue weighted by Crippen LogP contribution is -2.25. The van der Waals surface area contributed by atoms with Crippen LogP contribution in [0.1, 0.15) is 22.5 Å². The molecule has 0 spiro atoms. The molecule has 0 aliphatic rings. The van der Waals surface area contributed by atoms with E-state index in [1.54, 1.807) is 19.9 Å². The molecule has 0 aliphatic carbocycles. The van der Waals surface area contributed by atoms with Crippen LogP contribution >= 0.6 is 0 Å². The lowest BCUT2D eigenvalue weighted by Gasteiger charge is -2.15. The predicted molar refractivity (Wildman–Crippen MR) is 73.4 cm³/mol. The van der Waals surface area contributed by atoms with E-state index in [0.29, 0.717) is 16.8 Å². The molecule has 108 valence electrons. The van der Waals surface area contributed by atoms with Crippen molar-refractivity contribution in [2.45, 2.75) is 32.2 Å². The van der Waals surface area contributed by atoms with E-state index < -0.39 is 10.0 Å². The number of hydrogen-bond donors (Lipinski definition) is 2. The van der Waals surface area contributed by atoms with E-state index in [-0.39, 0.29) is 17.3 Å². The second-order valence-corrected chi connectivity index (χ2v) is 6.25. The maximum atomic E-state index is 12.4. The molecule has 20 heavy (non-hydrogen) atoms. The average Bonchev–Trinajstić information content (AvgIpc) is 2.86. The number of nitrogens with two attached hydrogens (primary N) is 1. The Morgan fingerprint density at radius 2 is 2.00 bits per heavy atom. The number of aryl methyl sites for hydroxylation is 2. The molecule has 8 heteroatoms. The van der Waals surface area contributed by atoms with Gasteiger partial charge in [0.15, 0.2) is 5.82 Å². The van der Waals surface area contributed by atoms with Crippen LogP contribution in [0.4, 0.5) is 5.69 Å². The van der Waals surface area contributed by atoms with Crippen molar-refractivity contribution in [3.8, 4) is 0 Å². The molecule has 0 atom stereocenters. The van der Waals surface area contributed by atoms with Crippen molar-refractivity contribution in [3.05, 3.63) is 35.0 Å². The van der Waals surface area contributed by atoms with E-state index in [2.05, 4.69) is 19.4 Å². The minimum Gasteiger partial charge on any atom is -0.398 e. The zero-order chi connectivity index (χ0) is 14.9. The van der Waals surface area contributed by atoms with Crippen molar-refractivity contribution < 1.29 is 12.9 Å². The Morgan fingerprint density at radius 3 is 2.60 bits per heavy atom. The predicted octanol–water partition coefficient (Wildman–Crippen LogP) is 1.06. The lowest BCUT2D eigenvalue weighted by atomic mass is 10.1. The fourth-order valence-electron chi connectivity index (χ4n) is 2.10. The van der Waals surface area contributed by atoms with Gasteiger partial charge in [-0.2, -0.15) is 4.98 Å². The zero-order valence-electron chi connectivity index (χ0n) is 11.5. The second kappa shape index (κ2) is 5.22. The van der Waals surface area contributed by atoms with Gasteiger partial charge in [0.2, 0.25) is 16.4 Å². The van der Waals surface area contributed by atoms with Crippen LogP contribution in [0.5, 0.6) is 0 Å². The maximum Gasteiger partial charge on any atom is 0.241 e. The number of nitrogen functional groups attached to an aromatic ring is 1. The molecule has 7 nitrogen and oxygen atoms in total. The molecule has 1 aromatic carbocycles. The molecule has 1 aromatic heterocycles. The van der Waals surface area contributed by atoms with Crippen LogP contribution in [0.25, 0.3) is 0 Å². The van der Waals surface area contributed by atoms with Crippen LogP contribution in [0.15, 0.2) is 21.9 Å². The van der Waals surface area contributed by atoms with Crippen molar-refractivity contribution in [1.82, 2.24) is 14.9 Å². The number of nitrogens with zero attached hydrogens (tertiary/aromatic N) is 2. The number of anilines is 1. The Kier molecular flexibility index (Phi) is 3.78. The number of aromatic nitrogens is 2. The monoisotopic (exact) mass is 296 g/mol. The van der Waals surface area contributed by atoms with Crippen LogP contribution in [0.2, 0.25) is 0 Å². The smallest absolute Gasteiger partial charge is 0.241 e. The summed E-state index contributed by atoms with van der Waals surface area (Å²) >= 11 is 0. The summed E-state index contributed by atoms with van der Waals surface area (Å²) in [6.45, 7) is 5.24. The topological polar surface area (TPSA) is 111 Å². The Morgan fingerprint density at radius 1 is 1.30 bits per heavy atom. The highest BCUT2D eigenvalue weighted by Crippen LogP contribution is 2.27. The Bertz CT molecular complexity index is 724. The van der Waals surface area contributed by atoms with Crippen molar-refractivity contribution in [2.75, 3.05) is 5.73 Å². The minimum absolute atomic E-state index is 0.0362. The van der Waals surface area contributed by atoms with Crippen LogP contribution in [0, 0.1) is 20.8 Å². The molecule has 2 rings (SSSR count). The first-order valence-electron chi connectivity index (χ1n) is 5.94. The highest BCUT2D eigenvalue weighted by molar-refractivity contribution is 7.89. The van der Waals surface area contributed by atoms with Gasteiger partial charge in [-0.05, 0) is 37.5 Å². The molecular formula is C12H16N4O3S. The summed E-state index contributed by atoms with van der Waals surface area (Å²) in [6.07, 6.45) is 1.14. The van der Waals surface area contributed by atoms with Crippen molar-refractivity contribution in [1.29, 1.82) is 0 Å². The Labute approximate surface area is 117 Å². The fraction of sp³-hybridized carbons (Fsp3) is 0.333. The van der Waals surface area contributed by atoms with E-state index in [1.807, 2.05) is 6.92 Å². The first-order chi connectivity index (χ1) is 9.33. The van der Waals surface area contributed by atoms with Gasteiger partial charge in [-0.1, -0.05) is 11.2 Å². The van der Waals surface area contributed by atoms with Gasteiger partial charge in [-0.3, -0.25) is 0 Å². The quantitative estimate of drug-likeness (QED) is 0.816. The van der Waals surface area contributed by atoms with Gasteiger partial charge in [-0.15, -0.1) is 0 Å². The maximum absolute atomic E-state index is 12.4. The summed E-state index contributed by atoms with van der Waals surface area (Å²) < 4.78 is 31.7. The highest BCUT2D eigenvalue weighted by Gasteiger charge is 2.22. The number of benzene rings is 1. The van der Waals surface area contributed by atoms with Crippen LogP contribution < -0.4 is 10.5 Å². The molecule has 0 aliphatic heterocycles. The number of rotatable bonds is 4. The van der Waals surface area contributed by atoms with Crippen LogP contribution in [-0.4, -0.2) is 18.6 Å². The molecule has 0 saturated heterocycles. The second-order valence-electron chi connectivity index (χ2n) is 4.55. The highest BCUT2D eigenvalue weighted by atomic mass is 32.2. The van der Waals surface area contributed by atoms with Gasteiger partial charge >= 0.3 is 0 Å². The standard InChI is InChI=1S/C12H16N4O3S/c1-7-4-8(2)12(9(3)11(7)13)20(17,18)15-5-10-14-6-19-16-10/h4,6,15H,5,13H2,1-3H3. The fourth-order valence-corrected chi connectivity index (χ4v) is 3.56. The summed E-state index contributed by atoms with van der Waals surface area (Å²) in [5.74, 6) is 0.268. The Hall–Kier alpha value is -1.93. The third-order valence-electron chi connectivity index (χ3n) is 3.06. The summed E-state index contributed by atoms with van der Waals surface area (Å²) in [5.41, 5.74) is 8.44. The van der Waals surface area contributed by atoms with Gasteiger partial charge < -0.3 is 10.3 Å². The van der Waals surface area contributed by atoms with E-state index >= 15 is 0 Å². The average molecular weight is 296 g/mol. The summed E-state index contributed by atoms with van der Waals surface area (Å²) in [6, 6.07) is 1.76. The van der Waals surface area contributed by atoms with Gasteiger partial charge in [0.25, 0.3) is 0 Å². The molecule has 1 heterocycles. The summed E-state index contributed by atoms with van der Waals surface area (Å²) in [4.78, 5) is 3.96. The van der Waals surface area contributed by atoms with Crippen LogP contribution in [-0.2, 0) is 16.6 Å². The number of hydrogen-bond acceptors (Lipinski definition) is 6. The van der Waals surface area contributed by atoms with Gasteiger partial charge in [0.1, 0.15) is 0 Å². The molecule has 0 radical (unpaired) electrons. The van der Waals surface area contributed by atoms with E-state index in [1.165, 1.54) is 0 Å². The van der Waals surface area contributed by atoms with Crippen LogP contribution in [0.3, 0.4) is 0 Å². The number of nitrogens with one attached hydrogen (secondary N) is 1. The van der Waals surface area contributed by atoms with Gasteiger partial charge in [0.05, 0.1) is 11.4 Å². The van der Waals surface area contributed by atoms with Gasteiger partial charge in [0, 0.05) is 5.69 Å². The molecule has 3 N–H and O–H groups in total. The lowest BCUT2D eigenvalue weighted by molar-refractivity contribution is 0.409. The third kappa shape index (κ3) is 2.66. The molecule has 0 bridgehead atoms. The molecule has 0 unspecified atom stereocenters. The first kappa shape index (κ1) is 14.5. The van der Waals surface area contributed by atoms with E-state index in [9.17, 15) is 8.42 Å². The number of sulfonamides is 1. The molecular weight excluding hydrogens is 280 g/mol. The minimum atomic E-state index is -3.69. The SMILES string of the molecule is Cc1cc(C)c(S(=O)(=O)NCc2ncon2)c(C)c1N. The van der Waals surface area contributed by atoms with E-state index in [4.69, 9.17) is 5.73 Å². The van der Waals surface area contributed by atoms with Crippen molar-refractivity contribution >= 4 is 15.7 Å². The van der Waals surface area contributed by atoms with E-state index in [0.717, 1.165) is 12.0 Å². The molecule has 2 aromatic rings. The van der Waals surface area contributed by atoms with Gasteiger partial charge in [-0.25, -0.2) is 13.1 Å². The normalized spacial score (nSPS) is 11.8. The zero-order valence-corrected chi connectivity index (χ0v) is 12.3. The van der Waals surface area contributed by atoms with Crippen molar-refractivity contribution in [2.24, 2.45) is 0 Å². The van der Waals surface area contributed by atoms with Crippen molar-refractivity contribution in [3.63, 3.8) is 0 Å². The first-order valence-corrected chi connectivity index (χ1v) is 7.42. The summed E-state index contributed by atoms with van der Waals surface area (Å²) in [5, 5.41) is 3.55. The molecule has 0 amide bonds. The largest absolute Gasteiger partial charge is 0.398 e. The molecule has 0 fully saturated rings.